The van der Waals surface area contributed by atoms with Crippen molar-refractivity contribution in [1.82, 2.24) is 0 Å². The standard InChI is InChI=1S/C12H17FN2O/c1-8(2)11(14)12(16)15(3)10-6-4-5-9(13)7-10/h4-8,11H,14H2,1-3H3/t11-/m1/s1. The van der Waals surface area contributed by atoms with E-state index in [0.717, 1.165) is 0 Å². The van der Waals surface area contributed by atoms with Crippen molar-refractivity contribution in [2.45, 2.75) is 19.9 Å². The molecule has 0 heterocycles. The molecule has 0 saturated carbocycles. The smallest absolute Gasteiger partial charge is 0.243 e. The third kappa shape index (κ3) is 2.79. The first-order valence-electron chi connectivity index (χ1n) is 5.22. The van der Waals surface area contributed by atoms with E-state index in [4.69, 9.17) is 5.73 Å². The van der Waals surface area contributed by atoms with Crippen LogP contribution in [0.3, 0.4) is 0 Å². The molecule has 1 atom stereocenters. The number of benzene rings is 1. The second kappa shape index (κ2) is 5.07. The first-order valence-corrected chi connectivity index (χ1v) is 5.22. The number of hydrogen-bond donors (Lipinski definition) is 1. The number of nitrogens with two attached hydrogens (primary N) is 1. The maximum Gasteiger partial charge on any atom is 0.243 e. The number of halogens is 1. The fourth-order valence-electron chi connectivity index (χ4n) is 1.32. The third-order valence-corrected chi connectivity index (χ3v) is 2.53. The van der Waals surface area contributed by atoms with Crippen molar-refractivity contribution in [3.8, 4) is 0 Å². The first kappa shape index (κ1) is 12.6. The van der Waals surface area contributed by atoms with Crippen molar-refractivity contribution in [3.63, 3.8) is 0 Å². The lowest BCUT2D eigenvalue weighted by Gasteiger charge is -2.23. The normalized spacial score (nSPS) is 12.6. The van der Waals surface area contributed by atoms with Gasteiger partial charge in [0.1, 0.15) is 5.82 Å². The zero-order chi connectivity index (χ0) is 12.3. The summed E-state index contributed by atoms with van der Waals surface area (Å²) in [5.74, 6) is -0.514. The highest BCUT2D eigenvalue weighted by Gasteiger charge is 2.21. The van der Waals surface area contributed by atoms with Crippen LogP contribution in [-0.2, 0) is 4.79 Å². The fraction of sp³-hybridized carbons (Fsp3) is 0.417. The average molecular weight is 224 g/mol. The molecule has 2 N–H and O–H groups in total. The summed E-state index contributed by atoms with van der Waals surface area (Å²) in [6.07, 6.45) is 0. The molecule has 0 spiro atoms. The van der Waals surface area contributed by atoms with Crippen LogP contribution in [0.5, 0.6) is 0 Å². The van der Waals surface area contributed by atoms with Crippen LogP contribution in [0.25, 0.3) is 0 Å². The largest absolute Gasteiger partial charge is 0.320 e. The van der Waals surface area contributed by atoms with Gasteiger partial charge in [0.25, 0.3) is 0 Å². The molecular weight excluding hydrogens is 207 g/mol. The molecule has 0 aliphatic carbocycles. The predicted molar refractivity (Wildman–Crippen MR) is 62.6 cm³/mol. The molecule has 3 nitrogen and oxygen atoms in total. The Balaban J connectivity index is 2.86. The Morgan fingerprint density at radius 3 is 2.56 bits per heavy atom. The summed E-state index contributed by atoms with van der Waals surface area (Å²) in [4.78, 5) is 13.3. The summed E-state index contributed by atoms with van der Waals surface area (Å²) >= 11 is 0. The van der Waals surface area contributed by atoms with Gasteiger partial charge in [-0.05, 0) is 24.1 Å². The van der Waals surface area contributed by atoms with Gasteiger partial charge in [-0.3, -0.25) is 4.79 Å². The Labute approximate surface area is 95.0 Å². The van der Waals surface area contributed by atoms with E-state index >= 15 is 0 Å². The topological polar surface area (TPSA) is 46.3 Å². The molecule has 1 amide bonds. The number of carbonyl (C=O) groups is 1. The van der Waals surface area contributed by atoms with E-state index in [1.54, 1.807) is 19.2 Å². The number of rotatable bonds is 3. The summed E-state index contributed by atoms with van der Waals surface area (Å²) in [5.41, 5.74) is 6.27. The lowest BCUT2D eigenvalue weighted by Crippen LogP contribution is -2.45. The van der Waals surface area contributed by atoms with Crippen LogP contribution < -0.4 is 10.6 Å². The summed E-state index contributed by atoms with van der Waals surface area (Å²) in [7, 11) is 1.60. The monoisotopic (exact) mass is 224 g/mol. The van der Waals surface area contributed by atoms with Crippen LogP contribution in [0.15, 0.2) is 24.3 Å². The van der Waals surface area contributed by atoms with Crippen molar-refractivity contribution in [2.24, 2.45) is 11.7 Å². The van der Waals surface area contributed by atoms with E-state index in [2.05, 4.69) is 0 Å². The highest BCUT2D eigenvalue weighted by Crippen LogP contribution is 2.15. The molecule has 0 saturated heterocycles. The molecule has 0 unspecified atom stereocenters. The SMILES string of the molecule is CC(C)[C@@H](N)C(=O)N(C)c1cccc(F)c1. The maximum atomic E-state index is 13.0. The zero-order valence-electron chi connectivity index (χ0n) is 9.77. The molecule has 0 aliphatic rings. The van der Waals surface area contributed by atoms with Gasteiger partial charge in [0.05, 0.1) is 6.04 Å². The Hall–Kier alpha value is -1.42. The minimum atomic E-state index is -0.562. The quantitative estimate of drug-likeness (QED) is 0.850. The summed E-state index contributed by atoms with van der Waals surface area (Å²) < 4.78 is 13.0. The lowest BCUT2D eigenvalue weighted by molar-refractivity contribution is -0.120. The molecule has 0 fully saturated rings. The lowest BCUT2D eigenvalue weighted by atomic mass is 10.0. The van der Waals surface area contributed by atoms with E-state index in [9.17, 15) is 9.18 Å². The Morgan fingerprint density at radius 1 is 1.44 bits per heavy atom. The van der Waals surface area contributed by atoms with Crippen LogP contribution in [0, 0.1) is 11.7 Å². The van der Waals surface area contributed by atoms with Crippen LogP contribution in [0.2, 0.25) is 0 Å². The van der Waals surface area contributed by atoms with E-state index in [1.165, 1.54) is 17.0 Å². The minimum absolute atomic E-state index is 0.0588. The molecule has 1 aromatic rings. The Bertz CT molecular complexity index is 379. The van der Waals surface area contributed by atoms with Gasteiger partial charge in [-0.1, -0.05) is 19.9 Å². The van der Waals surface area contributed by atoms with Crippen LogP contribution in [0.1, 0.15) is 13.8 Å². The number of amides is 1. The van der Waals surface area contributed by atoms with Gasteiger partial charge in [0, 0.05) is 12.7 Å². The second-order valence-electron chi connectivity index (χ2n) is 4.15. The van der Waals surface area contributed by atoms with Gasteiger partial charge in [-0.25, -0.2) is 4.39 Å². The van der Waals surface area contributed by atoms with Gasteiger partial charge < -0.3 is 10.6 Å². The van der Waals surface area contributed by atoms with E-state index in [-0.39, 0.29) is 17.6 Å². The molecule has 0 aliphatic heterocycles. The highest BCUT2D eigenvalue weighted by atomic mass is 19.1. The summed E-state index contributed by atoms with van der Waals surface area (Å²) in [6.45, 7) is 3.75. The zero-order valence-corrected chi connectivity index (χ0v) is 9.77. The van der Waals surface area contributed by atoms with Gasteiger partial charge in [0.15, 0.2) is 0 Å². The average Bonchev–Trinajstić information content (AvgIpc) is 2.26. The van der Waals surface area contributed by atoms with Gasteiger partial charge in [0.2, 0.25) is 5.91 Å². The van der Waals surface area contributed by atoms with Crippen molar-refractivity contribution in [3.05, 3.63) is 30.1 Å². The van der Waals surface area contributed by atoms with Crippen molar-refractivity contribution in [1.29, 1.82) is 0 Å². The molecule has 88 valence electrons. The van der Waals surface area contributed by atoms with Crippen molar-refractivity contribution >= 4 is 11.6 Å². The van der Waals surface area contributed by atoms with Gasteiger partial charge >= 0.3 is 0 Å². The van der Waals surface area contributed by atoms with Crippen LogP contribution >= 0.6 is 0 Å². The third-order valence-electron chi connectivity index (χ3n) is 2.53. The molecule has 1 aromatic carbocycles. The van der Waals surface area contributed by atoms with Crippen LogP contribution in [0.4, 0.5) is 10.1 Å². The molecule has 16 heavy (non-hydrogen) atoms. The molecular formula is C12H17FN2O. The Morgan fingerprint density at radius 2 is 2.06 bits per heavy atom. The van der Waals surface area contributed by atoms with E-state index in [1.807, 2.05) is 13.8 Å². The Kier molecular flexibility index (Phi) is 4.01. The fourth-order valence-corrected chi connectivity index (χ4v) is 1.32. The summed E-state index contributed by atoms with van der Waals surface area (Å²) in [6, 6.07) is 5.33. The first-order chi connectivity index (χ1) is 7.43. The molecule has 0 bridgehead atoms. The van der Waals surface area contributed by atoms with E-state index in [0.29, 0.717) is 5.69 Å². The van der Waals surface area contributed by atoms with Gasteiger partial charge in [-0.15, -0.1) is 0 Å². The molecule has 0 aromatic heterocycles. The number of carbonyl (C=O) groups excluding carboxylic acids is 1. The van der Waals surface area contributed by atoms with Crippen LogP contribution in [-0.4, -0.2) is 19.0 Å². The number of anilines is 1. The maximum absolute atomic E-state index is 13.0. The van der Waals surface area contributed by atoms with Gasteiger partial charge in [-0.2, -0.15) is 0 Å². The molecule has 0 radical (unpaired) electrons. The number of likely N-dealkylation sites (N-methyl/N-ethyl adjacent to an activating group) is 1. The van der Waals surface area contributed by atoms with Crippen molar-refractivity contribution < 1.29 is 9.18 Å². The molecule has 1 rings (SSSR count). The second-order valence-corrected chi connectivity index (χ2v) is 4.15. The number of hydrogen-bond acceptors (Lipinski definition) is 2. The predicted octanol–water partition coefficient (Wildman–Crippen LogP) is 1.77. The highest BCUT2D eigenvalue weighted by molar-refractivity contribution is 5.96. The minimum Gasteiger partial charge on any atom is -0.320 e. The summed E-state index contributed by atoms with van der Waals surface area (Å²) in [5, 5.41) is 0. The number of nitrogens with zero attached hydrogens (tertiary/aromatic N) is 1. The van der Waals surface area contributed by atoms with E-state index < -0.39 is 6.04 Å². The van der Waals surface area contributed by atoms with Crippen molar-refractivity contribution in [2.75, 3.05) is 11.9 Å². The molecule has 4 heteroatoms.